The third-order valence-corrected chi connectivity index (χ3v) is 8.24. The largest absolute Gasteiger partial charge is 0.494 e. The van der Waals surface area contributed by atoms with Crippen LogP contribution in [0.5, 0.6) is 17.4 Å². The third-order valence-electron chi connectivity index (χ3n) is 6.52. The fourth-order valence-electron chi connectivity index (χ4n) is 4.37. The molecule has 1 aromatic carbocycles. The first kappa shape index (κ1) is 25.7. The van der Waals surface area contributed by atoms with Crippen LogP contribution in [0.4, 0.5) is 5.95 Å². The lowest BCUT2D eigenvalue weighted by Gasteiger charge is -2.35. The molecule has 194 valence electrons. The molecule has 0 unspecified atom stereocenters. The maximum absolute atomic E-state index is 13.5. The monoisotopic (exact) mass is 517 g/mol. The van der Waals surface area contributed by atoms with Crippen LogP contribution >= 0.6 is 0 Å². The van der Waals surface area contributed by atoms with Gasteiger partial charge in [-0.25, -0.2) is 13.4 Å². The Morgan fingerprint density at radius 3 is 2.19 bits per heavy atom. The Morgan fingerprint density at radius 2 is 1.64 bits per heavy atom. The molecule has 0 bridgehead atoms. The van der Waals surface area contributed by atoms with Crippen molar-refractivity contribution >= 4 is 16.0 Å². The van der Waals surface area contributed by atoms with Gasteiger partial charge in [0.1, 0.15) is 28.1 Å². The summed E-state index contributed by atoms with van der Waals surface area (Å²) in [4.78, 5) is 4.46. The van der Waals surface area contributed by atoms with Crippen molar-refractivity contribution in [3.05, 3.63) is 36.4 Å². The third kappa shape index (κ3) is 4.82. The van der Waals surface area contributed by atoms with E-state index in [1.165, 1.54) is 25.9 Å². The first-order valence-corrected chi connectivity index (χ1v) is 13.1. The van der Waals surface area contributed by atoms with E-state index in [9.17, 15) is 8.42 Å². The van der Waals surface area contributed by atoms with E-state index in [4.69, 9.17) is 18.9 Å². The van der Waals surface area contributed by atoms with E-state index >= 15 is 0 Å². The molecule has 0 saturated heterocycles. The summed E-state index contributed by atoms with van der Waals surface area (Å²) < 4.78 is 53.2. The number of methoxy groups -OCH3 is 4. The number of hydrogen-bond acceptors (Lipinski definition) is 9. The average molecular weight is 518 g/mol. The zero-order valence-electron chi connectivity index (χ0n) is 21.0. The minimum absolute atomic E-state index is 0.0345. The van der Waals surface area contributed by atoms with Crippen LogP contribution < -0.4 is 18.9 Å². The number of aromatic nitrogens is 4. The number of rotatable bonds is 11. The Kier molecular flexibility index (Phi) is 7.65. The quantitative estimate of drug-likeness (QED) is 0.407. The molecule has 0 amide bonds. The molecule has 1 saturated carbocycles. The molecule has 0 radical (unpaired) electrons. The Labute approximate surface area is 210 Å². The van der Waals surface area contributed by atoms with Crippen molar-refractivity contribution in [2.24, 2.45) is 5.92 Å². The van der Waals surface area contributed by atoms with Crippen molar-refractivity contribution < 1.29 is 27.4 Å². The van der Waals surface area contributed by atoms with Gasteiger partial charge >= 0.3 is 0 Å². The normalized spacial score (nSPS) is 15.6. The number of sulfonamides is 1. The van der Waals surface area contributed by atoms with Gasteiger partial charge in [-0.1, -0.05) is 18.6 Å². The lowest BCUT2D eigenvalue weighted by Crippen LogP contribution is -2.43. The van der Waals surface area contributed by atoms with Crippen LogP contribution in [-0.4, -0.2) is 68.0 Å². The molecular weight excluding hydrogens is 486 g/mol. The molecule has 36 heavy (non-hydrogen) atoms. The number of anilines is 1. The SMILES string of the molecule is COc1cccc(-c2nnc(NS(=O)(=O)[C@@H](C)[C@@H](OC)C3CCC3)n2-c2c(OC)cccc2OC)n1. The average Bonchev–Trinajstić information content (AvgIpc) is 3.27. The second kappa shape index (κ2) is 10.7. The minimum Gasteiger partial charge on any atom is -0.494 e. The molecule has 12 heteroatoms. The van der Waals surface area contributed by atoms with Crippen LogP contribution in [0.3, 0.4) is 0 Å². The molecule has 0 spiro atoms. The summed E-state index contributed by atoms with van der Waals surface area (Å²) in [7, 11) is 2.16. The molecule has 1 fully saturated rings. The highest BCUT2D eigenvalue weighted by molar-refractivity contribution is 7.93. The molecule has 1 aliphatic carbocycles. The highest BCUT2D eigenvalue weighted by Gasteiger charge is 2.39. The predicted molar refractivity (Wildman–Crippen MR) is 134 cm³/mol. The number of hydrogen-bond donors (Lipinski definition) is 1. The fourth-order valence-corrected chi connectivity index (χ4v) is 5.62. The van der Waals surface area contributed by atoms with E-state index < -0.39 is 21.4 Å². The van der Waals surface area contributed by atoms with Crippen LogP contribution in [0.1, 0.15) is 26.2 Å². The van der Waals surface area contributed by atoms with Gasteiger partial charge in [-0.2, -0.15) is 0 Å². The minimum atomic E-state index is -3.92. The maximum atomic E-state index is 13.5. The molecule has 2 atom stereocenters. The van der Waals surface area contributed by atoms with E-state index in [-0.39, 0.29) is 17.7 Å². The fraction of sp³-hybridized carbons (Fsp3) is 0.458. The topological polar surface area (TPSA) is 127 Å². The molecule has 1 N–H and O–H groups in total. The highest BCUT2D eigenvalue weighted by atomic mass is 32.2. The van der Waals surface area contributed by atoms with E-state index in [2.05, 4.69) is 19.9 Å². The van der Waals surface area contributed by atoms with E-state index in [1.54, 1.807) is 50.4 Å². The number of nitrogens with zero attached hydrogens (tertiary/aromatic N) is 4. The summed E-state index contributed by atoms with van der Waals surface area (Å²) in [6.07, 6.45) is 2.52. The smallest absolute Gasteiger partial charge is 0.243 e. The van der Waals surface area contributed by atoms with Crippen LogP contribution in [0.15, 0.2) is 36.4 Å². The van der Waals surface area contributed by atoms with Crippen molar-refractivity contribution in [3.63, 3.8) is 0 Å². The van der Waals surface area contributed by atoms with Crippen molar-refractivity contribution in [1.82, 2.24) is 19.7 Å². The number of pyridine rings is 1. The first-order chi connectivity index (χ1) is 17.3. The lowest BCUT2D eigenvalue weighted by atomic mass is 9.80. The number of benzene rings is 1. The van der Waals surface area contributed by atoms with E-state index in [0.717, 1.165) is 19.3 Å². The van der Waals surface area contributed by atoms with Crippen molar-refractivity contribution in [1.29, 1.82) is 0 Å². The van der Waals surface area contributed by atoms with Gasteiger partial charge < -0.3 is 18.9 Å². The standard InChI is InChI=1S/C24H31N5O6S/c1-15(22(35-5)16-9-6-10-16)36(30,31)28-24-27-26-23(17-11-7-14-20(25-17)34-4)29(24)21-18(32-2)12-8-13-19(21)33-3/h7-8,11-16,22H,6,9-10H2,1-5H3,(H,27,28)/t15-,22+/m0/s1. The van der Waals surface area contributed by atoms with E-state index in [1.807, 2.05) is 0 Å². The summed E-state index contributed by atoms with van der Waals surface area (Å²) in [6, 6.07) is 10.4. The number of ether oxygens (including phenoxy) is 4. The van der Waals surface area contributed by atoms with E-state index in [0.29, 0.717) is 28.8 Å². The Morgan fingerprint density at radius 1 is 0.972 bits per heavy atom. The number of nitrogens with one attached hydrogen (secondary N) is 1. The van der Waals surface area contributed by atoms with Crippen LogP contribution in [0.25, 0.3) is 17.2 Å². The summed E-state index contributed by atoms with van der Waals surface area (Å²) in [6.45, 7) is 1.64. The molecule has 0 aliphatic heterocycles. The second-order valence-corrected chi connectivity index (χ2v) is 10.5. The maximum Gasteiger partial charge on any atom is 0.243 e. The van der Waals surface area contributed by atoms with Crippen molar-refractivity contribution in [2.45, 2.75) is 37.5 Å². The second-order valence-electron chi connectivity index (χ2n) is 8.50. The molecule has 2 heterocycles. The van der Waals surface area contributed by atoms with Gasteiger partial charge in [-0.3, -0.25) is 9.29 Å². The van der Waals surface area contributed by atoms with Crippen molar-refractivity contribution in [2.75, 3.05) is 33.2 Å². The summed E-state index contributed by atoms with van der Waals surface area (Å²) in [5, 5.41) is 7.66. The molecule has 4 rings (SSSR count). The van der Waals surface area contributed by atoms with Crippen LogP contribution in [-0.2, 0) is 14.8 Å². The lowest BCUT2D eigenvalue weighted by molar-refractivity contribution is 0.0194. The van der Waals surface area contributed by atoms with Crippen molar-refractivity contribution in [3.8, 4) is 34.6 Å². The molecule has 2 aromatic heterocycles. The molecule has 11 nitrogen and oxygen atoms in total. The molecule has 1 aliphatic rings. The Bertz CT molecular complexity index is 1290. The highest BCUT2D eigenvalue weighted by Crippen LogP contribution is 2.38. The van der Waals surface area contributed by atoms with Gasteiger partial charge in [-0.15, -0.1) is 10.2 Å². The zero-order valence-corrected chi connectivity index (χ0v) is 21.8. The Balaban J connectivity index is 1.85. The summed E-state index contributed by atoms with van der Waals surface area (Å²) in [5.74, 6) is 1.66. The van der Waals surface area contributed by atoms with Crippen LogP contribution in [0, 0.1) is 5.92 Å². The van der Waals surface area contributed by atoms with Gasteiger partial charge in [0.05, 0.1) is 27.4 Å². The van der Waals surface area contributed by atoms with Gasteiger partial charge in [-0.05, 0) is 43.9 Å². The Hall–Kier alpha value is -3.38. The van der Waals surface area contributed by atoms with Gasteiger partial charge in [0.2, 0.25) is 21.9 Å². The van der Waals surface area contributed by atoms with Crippen LogP contribution in [0.2, 0.25) is 0 Å². The first-order valence-electron chi connectivity index (χ1n) is 11.6. The molecular formula is C24H31N5O6S. The summed E-state index contributed by atoms with van der Waals surface area (Å²) in [5.41, 5.74) is 0.831. The molecule has 3 aromatic rings. The predicted octanol–water partition coefficient (Wildman–Crippen LogP) is 3.30. The van der Waals surface area contributed by atoms with Gasteiger partial charge in [0, 0.05) is 13.2 Å². The number of para-hydroxylation sites is 1. The van der Waals surface area contributed by atoms with Gasteiger partial charge in [0.25, 0.3) is 0 Å². The zero-order chi connectivity index (χ0) is 25.9. The van der Waals surface area contributed by atoms with Gasteiger partial charge in [0.15, 0.2) is 5.82 Å². The summed E-state index contributed by atoms with van der Waals surface area (Å²) >= 11 is 0.